The van der Waals surface area contributed by atoms with Gasteiger partial charge in [0.2, 0.25) is 11.8 Å². The minimum absolute atomic E-state index is 0.0827. The number of piperazine rings is 1. The number of rotatable bonds is 6. The lowest BCUT2D eigenvalue weighted by Crippen LogP contribution is -2.59. The Kier molecular flexibility index (Phi) is 6.75. The van der Waals surface area contributed by atoms with E-state index in [0.717, 1.165) is 17.7 Å². The van der Waals surface area contributed by atoms with Crippen LogP contribution < -0.4 is 10.2 Å². The summed E-state index contributed by atoms with van der Waals surface area (Å²) in [5.74, 6) is 0.0498. The smallest absolute Gasteiger partial charge is 0.408 e. The zero-order valence-corrected chi connectivity index (χ0v) is 21.6. The van der Waals surface area contributed by atoms with E-state index in [1.54, 1.807) is 25.7 Å². The number of alkyl carbamates (subject to hydrolysis) is 1. The summed E-state index contributed by atoms with van der Waals surface area (Å²) in [6.45, 7) is 6.36. The van der Waals surface area contributed by atoms with Gasteiger partial charge in [0.1, 0.15) is 17.7 Å². The van der Waals surface area contributed by atoms with Crippen LogP contribution in [0.15, 0.2) is 24.3 Å². The maximum Gasteiger partial charge on any atom is 0.408 e. The van der Waals surface area contributed by atoms with Crippen LogP contribution in [0.25, 0.3) is 11.4 Å². The molecule has 0 spiro atoms. The number of nitrogens with zero attached hydrogens (tertiary/aromatic N) is 7. The first kappa shape index (κ1) is 25.6. The Bertz CT molecular complexity index is 1250. The second-order valence-corrected chi connectivity index (χ2v) is 10.9. The number of aromatic amines is 1. The molecular weight excluding hydrogens is 490 g/mol. The summed E-state index contributed by atoms with van der Waals surface area (Å²) in [4.78, 5) is 45.0. The van der Waals surface area contributed by atoms with Crippen molar-refractivity contribution < 1.29 is 19.1 Å². The summed E-state index contributed by atoms with van der Waals surface area (Å²) >= 11 is 0. The largest absolute Gasteiger partial charge is 0.444 e. The molecule has 3 amide bonds. The van der Waals surface area contributed by atoms with E-state index in [2.05, 4.69) is 32.0 Å². The Morgan fingerprint density at radius 3 is 2.79 bits per heavy atom. The molecule has 200 valence electrons. The predicted octanol–water partition coefficient (Wildman–Crippen LogP) is 1.06. The van der Waals surface area contributed by atoms with E-state index in [0.29, 0.717) is 31.8 Å². The summed E-state index contributed by atoms with van der Waals surface area (Å²) in [5.41, 5.74) is 0.702. The monoisotopic (exact) mass is 521 g/mol. The van der Waals surface area contributed by atoms with Crippen LogP contribution in [0, 0.1) is 11.3 Å². The highest BCUT2D eigenvalue weighted by molar-refractivity contribution is 6.04. The molecule has 38 heavy (non-hydrogen) atoms. The topological polar surface area (TPSA) is 160 Å². The number of carbonyl (C=O) groups is 3. The third-order valence-electron chi connectivity index (χ3n) is 7.12. The lowest BCUT2D eigenvalue weighted by atomic mass is 10.1. The molecule has 13 heteroatoms. The molecular formula is C25H31N9O4. The Morgan fingerprint density at radius 2 is 2.11 bits per heavy atom. The number of amides is 3. The molecule has 2 aromatic rings. The van der Waals surface area contributed by atoms with Crippen LogP contribution in [-0.2, 0) is 14.3 Å². The maximum absolute atomic E-state index is 13.6. The van der Waals surface area contributed by atoms with Gasteiger partial charge in [-0.05, 0) is 62.6 Å². The van der Waals surface area contributed by atoms with E-state index < -0.39 is 29.8 Å². The number of aromatic nitrogens is 4. The van der Waals surface area contributed by atoms with Crippen LogP contribution in [0.1, 0.15) is 40.0 Å². The van der Waals surface area contributed by atoms with Crippen LogP contribution in [0.4, 0.5) is 10.5 Å². The van der Waals surface area contributed by atoms with E-state index in [9.17, 15) is 19.6 Å². The highest BCUT2D eigenvalue weighted by atomic mass is 16.6. The molecule has 5 rings (SSSR count). The van der Waals surface area contributed by atoms with Gasteiger partial charge >= 0.3 is 6.09 Å². The van der Waals surface area contributed by atoms with Crippen molar-refractivity contribution in [2.45, 2.75) is 69.8 Å². The summed E-state index contributed by atoms with van der Waals surface area (Å²) < 4.78 is 5.41. The molecule has 3 aliphatic heterocycles. The summed E-state index contributed by atoms with van der Waals surface area (Å²) in [5, 5.41) is 26.3. The summed E-state index contributed by atoms with van der Waals surface area (Å²) in [7, 11) is 0. The number of ether oxygens (including phenoxy) is 1. The minimum Gasteiger partial charge on any atom is -0.444 e. The molecule has 3 saturated heterocycles. The third kappa shape index (κ3) is 4.91. The van der Waals surface area contributed by atoms with Gasteiger partial charge in [0.25, 0.3) is 0 Å². The first-order chi connectivity index (χ1) is 18.2. The van der Waals surface area contributed by atoms with Gasteiger partial charge in [-0.15, -0.1) is 5.10 Å². The molecule has 4 atom stereocenters. The number of benzene rings is 1. The average Bonchev–Trinajstić information content (AvgIpc) is 3.66. The summed E-state index contributed by atoms with van der Waals surface area (Å²) in [6.07, 6.45) is 1.21. The van der Waals surface area contributed by atoms with Gasteiger partial charge in [0.05, 0.1) is 23.8 Å². The number of hydrogen-bond acceptors (Lipinski definition) is 9. The molecule has 2 bridgehead atoms. The van der Waals surface area contributed by atoms with Gasteiger partial charge in [-0.2, -0.15) is 5.26 Å². The second kappa shape index (κ2) is 10.0. The van der Waals surface area contributed by atoms with E-state index in [1.165, 1.54) is 4.90 Å². The number of hydrogen-bond donors (Lipinski definition) is 2. The normalized spacial score (nSPS) is 23.9. The highest BCUT2D eigenvalue weighted by Gasteiger charge is 2.51. The van der Waals surface area contributed by atoms with Crippen molar-refractivity contribution in [1.82, 2.24) is 35.7 Å². The number of nitrogens with one attached hydrogen (secondary N) is 2. The zero-order valence-electron chi connectivity index (χ0n) is 21.6. The molecule has 13 nitrogen and oxygen atoms in total. The van der Waals surface area contributed by atoms with E-state index in [4.69, 9.17) is 4.74 Å². The fourth-order valence-electron chi connectivity index (χ4n) is 5.57. The third-order valence-corrected chi connectivity index (χ3v) is 7.12. The van der Waals surface area contributed by atoms with Crippen molar-refractivity contribution in [3.05, 3.63) is 24.3 Å². The lowest BCUT2D eigenvalue weighted by Gasteiger charge is -2.37. The quantitative estimate of drug-likeness (QED) is 0.566. The Balaban J connectivity index is 1.34. The minimum atomic E-state index is -0.952. The zero-order chi connectivity index (χ0) is 27.0. The SMILES string of the molecule is CC(C)(C)OC(=O)N[C@@H](CN1C[C@@H]2C[C@H]1C(=O)N2c1ccccc1-c1nnn[nH]1)C(=O)N1CCC[C@H]1C#N. The van der Waals surface area contributed by atoms with Crippen molar-refractivity contribution in [3.8, 4) is 17.5 Å². The first-order valence-corrected chi connectivity index (χ1v) is 12.8. The van der Waals surface area contributed by atoms with E-state index in [-0.39, 0.29) is 24.4 Å². The number of para-hydroxylation sites is 1. The molecule has 0 saturated carbocycles. The molecule has 1 aromatic heterocycles. The van der Waals surface area contributed by atoms with Crippen LogP contribution in [-0.4, -0.2) is 97.7 Å². The number of likely N-dealkylation sites (tertiary alicyclic amines) is 2. The van der Waals surface area contributed by atoms with Gasteiger partial charge in [-0.25, -0.2) is 9.89 Å². The number of fused-ring (bicyclic) bond motifs is 2. The predicted molar refractivity (Wildman–Crippen MR) is 134 cm³/mol. The standard InChI is InChI=1S/C25H31N9O4/c1-25(2,3)38-24(37)27-18(22(35)33-10-6-7-15(33)12-26)14-32-13-16-11-20(32)23(36)34(16)19-9-5-4-8-17(19)21-28-30-31-29-21/h4-5,8-9,15-16,18,20H,6-7,10-11,13-14H2,1-3H3,(H,27,37)(H,28,29,30,31)/t15-,16-,18-,20-/m0/s1. The van der Waals surface area contributed by atoms with Crippen molar-refractivity contribution in [2.75, 3.05) is 24.5 Å². The van der Waals surface area contributed by atoms with Crippen LogP contribution in [0.2, 0.25) is 0 Å². The van der Waals surface area contributed by atoms with Gasteiger partial charge in [0.15, 0.2) is 5.82 Å². The van der Waals surface area contributed by atoms with Gasteiger partial charge in [0, 0.05) is 25.2 Å². The number of nitriles is 1. The summed E-state index contributed by atoms with van der Waals surface area (Å²) in [6, 6.07) is 7.59. The second-order valence-electron chi connectivity index (χ2n) is 10.9. The molecule has 0 aliphatic carbocycles. The molecule has 2 N–H and O–H groups in total. The molecule has 4 heterocycles. The van der Waals surface area contributed by atoms with Crippen molar-refractivity contribution in [2.24, 2.45) is 0 Å². The number of carbonyl (C=O) groups excluding carboxylic acids is 3. The first-order valence-electron chi connectivity index (χ1n) is 12.8. The number of anilines is 1. The Hall–Kier alpha value is -4.05. The van der Waals surface area contributed by atoms with Crippen LogP contribution in [0.3, 0.4) is 0 Å². The average molecular weight is 522 g/mol. The van der Waals surface area contributed by atoms with Crippen LogP contribution in [0.5, 0.6) is 0 Å². The molecule has 0 radical (unpaired) electrons. The Morgan fingerprint density at radius 1 is 1.32 bits per heavy atom. The van der Waals surface area contributed by atoms with Crippen molar-refractivity contribution >= 4 is 23.6 Å². The maximum atomic E-state index is 13.6. The van der Waals surface area contributed by atoms with Crippen LogP contribution >= 0.6 is 0 Å². The molecule has 0 unspecified atom stereocenters. The number of tetrazole rings is 1. The fourth-order valence-corrected chi connectivity index (χ4v) is 5.57. The van der Waals surface area contributed by atoms with Crippen molar-refractivity contribution in [1.29, 1.82) is 5.26 Å². The van der Waals surface area contributed by atoms with Crippen molar-refractivity contribution in [3.63, 3.8) is 0 Å². The highest BCUT2D eigenvalue weighted by Crippen LogP contribution is 2.39. The lowest BCUT2D eigenvalue weighted by molar-refractivity contribution is -0.135. The van der Waals surface area contributed by atoms with Gasteiger partial charge < -0.3 is 19.9 Å². The Labute approximate surface area is 220 Å². The fraction of sp³-hybridized carbons (Fsp3) is 0.560. The molecule has 3 aliphatic rings. The molecule has 1 aromatic carbocycles. The number of H-pyrrole nitrogens is 1. The van der Waals surface area contributed by atoms with Gasteiger partial charge in [-0.3, -0.25) is 14.5 Å². The van der Waals surface area contributed by atoms with E-state index in [1.807, 2.05) is 29.2 Å². The molecule has 3 fully saturated rings. The van der Waals surface area contributed by atoms with Gasteiger partial charge in [-0.1, -0.05) is 12.1 Å². The van der Waals surface area contributed by atoms with E-state index >= 15 is 0 Å².